The summed E-state index contributed by atoms with van der Waals surface area (Å²) in [5.74, 6) is -0.358. The molecular formula is C27H36BrN3O5S. The van der Waals surface area contributed by atoms with Crippen molar-refractivity contribution in [2.24, 2.45) is 0 Å². The molecule has 1 unspecified atom stereocenters. The first-order valence-corrected chi connectivity index (χ1v) is 15.3. The van der Waals surface area contributed by atoms with Crippen LogP contribution >= 0.6 is 15.9 Å². The van der Waals surface area contributed by atoms with Crippen molar-refractivity contribution < 1.29 is 22.7 Å². The number of para-hydroxylation sites is 2. The summed E-state index contributed by atoms with van der Waals surface area (Å²) in [6, 6.07) is 13.5. The van der Waals surface area contributed by atoms with Gasteiger partial charge in [-0.1, -0.05) is 59.5 Å². The average molecular weight is 595 g/mol. The molecular weight excluding hydrogens is 558 g/mol. The van der Waals surface area contributed by atoms with Crippen LogP contribution in [-0.4, -0.2) is 56.6 Å². The summed E-state index contributed by atoms with van der Waals surface area (Å²) in [5.41, 5.74) is 1.10. The molecule has 2 aromatic carbocycles. The first kappa shape index (κ1) is 29.0. The van der Waals surface area contributed by atoms with Gasteiger partial charge in [0.2, 0.25) is 21.8 Å². The highest BCUT2D eigenvalue weighted by Gasteiger charge is 2.32. The maximum atomic E-state index is 13.8. The SMILES string of the molecule is CCOc1ccccc1N(CC(=O)N(Cc1cccc(Br)c1)C(C)C(=O)NC1CCCCC1)S(C)(=O)=O. The Morgan fingerprint density at radius 3 is 2.46 bits per heavy atom. The first-order chi connectivity index (χ1) is 17.6. The molecule has 0 saturated heterocycles. The number of carbonyl (C=O) groups is 2. The van der Waals surface area contributed by atoms with Gasteiger partial charge in [0.1, 0.15) is 18.3 Å². The van der Waals surface area contributed by atoms with Gasteiger partial charge in [0.25, 0.3) is 0 Å². The molecule has 3 rings (SSSR count). The number of ether oxygens (including phenoxy) is 1. The lowest BCUT2D eigenvalue weighted by molar-refractivity contribution is -0.139. The van der Waals surface area contributed by atoms with Crippen LogP contribution in [0, 0.1) is 0 Å². The maximum Gasteiger partial charge on any atom is 0.244 e. The zero-order chi connectivity index (χ0) is 27.0. The van der Waals surface area contributed by atoms with E-state index < -0.39 is 28.5 Å². The molecule has 0 bridgehead atoms. The minimum atomic E-state index is -3.84. The van der Waals surface area contributed by atoms with Gasteiger partial charge in [-0.2, -0.15) is 0 Å². The summed E-state index contributed by atoms with van der Waals surface area (Å²) in [5, 5.41) is 3.10. The third-order valence-corrected chi connectivity index (χ3v) is 8.09. The van der Waals surface area contributed by atoms with Gasteiger partial charge in [-0.25, -0.2) is 8.42 Å². The molecule has 0 aliphatic heterocycles. The number of nitrogens with one attached hydrogen (secondary N) is 1. The zero-order valence-corrected chi connectivity index (χ0v) is 24.1. The highest BCUT2D eigenvalue weighted by molar-refractivity contribution is 9.10. The standard InChI is InChI=1S/C27H36BrN3O5S/c1-4-36-25-16-9-8-15-24(25)31(37(3,34)35)19-26(32)30(18-21-11-10-12-22(28)17-21)20(2)27(33)29-23-13-6-5-7-14-23/h8-12,15-17,20,23H,4-7,13-14,18-19H2,1-3H3,(H,29,33). The number of rotatable bonds is 11. The number of sulfonamides is 1. The Hall–Kier alpha value is -2.59. The fourth-order valence-electron chi connectivity index (χ4n) is 4.52. The minimum absolute atomic E-state index is 0.0945. The van der Waals surface area contributed by atoms with E-state index in [4.69, 9.17) is 4.74 Å². The molecule has 1 aliphatic carbocycles. The molecule has 202 valence electrons. The van der Waals surface area contributed by atoms with Crippen LogP contribution in [0.2, 0.25) is 0 Å². The Labute approximate surface area is 228 Å². The Balaban J connectivity index is 1.90. The number of halogens is 1. The van der Waals surface area contributed by atoms with E-state index in [0.29, 0.717) is 12.4 Å². The summed E-state index contributed by atoms with van der Waals surface area (Å²) in [4.78, 5) is 28.4. The Bertz CT molecular complexity index is 1180. The van der Waals surface area contributed by atoms with Crippen molar-refractivity contribution >= 4 is 43.5 Å². The predicted octanol–water partition coefficient (Wildman–Crippen LogP) is 4.48. The molecule has 10 heteroatoms. The number of anilines is 1. The lowest BCUT2D eigenvalue weighted by Gasteiger charge is -2.33. The summed E-state index contributed by atoms with van der Waals surface area (Å²) in [6.07, 6.45) is 6.22. The normalized spacial score (nSPS) is 15.0. The lowest BCUT2D eigenvalue weighted by Crippen LogP contribution is -2.53. The van der Waals surface area contributed by atoms with Gasteiger partial charge in [-0.15, -0.1) is 0 Å². The minimum Gasteiger partial charge on any atom is -0.492 e. The lowest BCUT2D eigenvalue weighted by atomic mass is 9.95. The molecule has 1 atom stereocenters. The summed E-state index contributed by atoms with van der Waals surface area (Å²) < 4.78 is 33.2. The van der Waals surface area contributed by atoms with E-state index in [1.807, 2.05) is 24.3 Å². The molecule has 0 spiro atoms. The van der Waals surface area contributed by atoms with Crippen LogP contribution in [0.5, 0.6) is 5.75 Å². The molecule has 0 heterocycles. The van der Waals surface area contributed by atoms with Crippen LogP contribution < -0.4 is 14.4 Å². The maximum absolute atomic E-state index is 13.8. The second-order valence-electron chi connectivity index (χ2n) is 9.34. The van der Waals surface area contributed by atoms with E-state index in [2.05, 4.69) is 21.2 Å². The molecule has 1 aliphatic rings. The highest BCUT2D eigenvalue weighted by Crippen LogP contribution is 2.30. The van der Waals surface area contributed by atoms with Crippen molar-refractivity contribution in [3.8, 4) is 5.75 Å². The van der Waals surface area contributed by atoms with Crippen LogP contribution in [0.1, 0.15) is 51.5 Å². The van der Waals surface area contributed by atoms with E-state index in [1.165, 1.54) is 11.3 Å². The Morgan fingerprint density at radius 2 is 1.81 bits per heavy atom. The zero-order valence-electron chi connectivity index (χ0n) is 21.7. The molecule has 1 fully saturated rings. The number of benzene rings is 2. The quantitative estimate of drug-likeness (QED) is 0.414. The monoisotopic (exact) mass is 593 g/mol. The fraction of sp³-hybridized carbons (Fsp3) is 0.481. The van der Waals surface area contributed by atoms with Crippen molar-refractivity contribution in [2.75, 3.05) is 23.7 Å². The van der Waals surface area contributed by atoms with Crippen LogP contribution in [0.3, 0.4) is 0 Å². The van der Waals surface area contributed by atoms with Crippen LogP contribution in [0.4, 0.5) is 5.69 Å². The van der Waals surface area contributed by atoms with E-state index >= 15 is 0 Å². The van der Waals surface area contributed by atoms with Gasteiger partial charge in [-0.05, 0) is 56.5 Å². The van der Waals surface area contributed by atoms with Crippen molar-refractivity contribution in [1.82, 2.24) is 10.2 Å². The number of nitrogens with zero attached hydrogens (tertiary/aromatic N) is 2. The van der Waals surface area contributed by atoms with Gasteiger partial charge in [0.15, 0.2) is 0 Å². The van der Waals surface area contributed by atoms with Gasteiger partial charge in [0.05, 0.1) is 18.6 Å². The number of amides is 2. The van der Waals surface area contributed by atoms with Crippen molar-refractivity contribution in [1.29, 1.82) is 0 Å². The fourth-order valence-corrected chi connectivity index (χ4v) is 5.82. The topological polar surface area (TPSA) is 96.0 Å². The average Bonchev–Trinajstić information content (AvgIpc) is 2.86. The molecule has 0 radical (unpaired) electrons. The number of carbonyl (C=O) groups excluding carboxylic acids is 2. The molecule has 2 amide bonds. The van der Waals surface area contributed by atoms with Crippen molar-refractivity contribution in [3.63, 3.8) is 0 Å². The van der Waals surface area contributed by atoms with E-state index in [-0.39, 0.29) is 24.2 Å². The second kappa shape index (κ2) is 13.3. The van der Waals surface area contributed by atoms with Gasteiger partial charge in [-0.3, -0.25) is 13.9 Å². The Kier molecular flexibility index (Phi) is 10.4. The third-order valence-electron chi connectivity index (χ3n) is 6.47. The molecule has 8 nitrogen and oxygen atoms in total. The number of hydrogen-bond acceptors (Lipinski definition) is 5. The molecule has 37 heavy (non-hydrogen) atoms. The summed E-state index contributed by atoms with van der Waals surface area (Å²) in [7, 11) is -3.84. The largest absolute Gasteiger partial charge is 0.492 e. The first-order valence-electron chi connectivity index (χ1n) is 12.6. The number of hydrogen-bond donors (Lipinski definition) is 1. The second-order valence-corrected chi connectivity index (χ2v) is 12.2. The molecule has 2 aromatic rings. The van der Waals surface area contributed by atoms with Gasteiger partial charge in [0, 0.05) is 17.1 Å². The molecule has 1 saturated carbocycles. The van der Waals surface area contributed by atoms with Gasteiger partial charge < -0.3 is 15.0 Å². The molecule has 1 N–H and O–H groups in total. The van der Waals surface area contributed by atoms with Crippen LogP contribution in [0.25, 0.3) is 0 Å². The van der Waals surface area contributed by atoms with E-state index in [0.717, 1.165) is 46.3 Å². The van der Waals surface area contributed by atoms with Crippen molar-refractivity contribution in [3.05, 3.63) is 58.6 Å². The summed E-state index contributed by atoms with van der Waals surface area (Å²) >= 11 is 3.46. The van der Waals surface area contributed by atoms with E-state index in [9.17, 15) is 18.0 Å². The molecule has 0 aromatic heterocycles. The van der Waals surface area contributed by atoms with Crippen molar-refractivity contribution in [2.45, 2.75) is 64.6 Å². The summed E-state index contributed by atoms with van der Waals surface area (Å²) in [6.45, 7) is 3.53. The highest BCUT2D eigenvalue weighted by atomic mass is 79.9. The third kappa shape index (κ3) is 8.20. The van der Waals surface area contributed by atoms with Crippen LogP contribution in [0.15, 0.2) is 53.0 Å². The van der Waals surface area contributed by atoms with E-state index in [1.54, 1.807) is 38.1 Å². The smallest absolute Gasteiger partial charge is 0.244 e. The van der Waals surface area contributed by atoms with Gasteiger partial charge >= 0.3 is 0 Å². The van der Waals surface area contributed by atoms with Crippen LogP contribution in [-0.2, 0) is 26.2 Å². The Morgan fingerprint density at radius 1 is 1.11 bits per heavy atom. The predicted molar refractivity (Wildman–Crippen MR) is 149 cm³/mol.